The lowest BCUT2D eigenvalue weighted by atomic mass is 10.0. The van der Waals surface area contributed by atoms with Crippen LogP contribution in [0.25, 0.3) is 0 Å². The summed E-state index contributed by atoms with van der Waals surface area (Å²) < 4.78 is 51.5. The lowest BCUT2D eigenvalue weighted by molar-refractivity contribution is -0.140. The monoisotopic (exact) mass is 269 g/mol. The molecule has 1 nitrogen and oxygen atoms in total. The van der Waals surface area contributed by atoms with Crippen LogP contribution >= 0.6 is 0 Å². The fourth-order valence-electron chi connectivity index (χ4n) is 1.83. The zero-order valence-electron chi connectivity index (χ0n) is 10.1. The number of hydrogen-bond donors (Lipinski definition) is 0. The lowest BCUT2D eigenvalue weighted by Crippen LogP contribution is -2.10. The predicted molar refractivity (Wildman–Crippen MR) is 63.2 cm³/mol. The van der Waals surface area contributed by atoms with Crippen molar-refractivity contribution in [3.8, 4) is 0 Å². The second-order valence-electron chi connectivity index (χ2n) is 4.28. The number of pyridine rings is 1. The van der Waals surface area contributed by atoms with Crippen molar-refractivity contribution in [2.45, 2.75) is 19.5 Å². The molecule has 0 unspecified atom stereocenters. The van der Waals surface area contributed by atoms with Gasteiger partial charge in [-0.1, -0.05) is 12.1 Å². The Labute approximate surface area is 107 Å². The van der Waals surface area contributed by atoms with Crippen molar-refractivity contribution in [3.63, 3.8) is 0 Å². The third-order valence-corrected chi connectivity index (χ3v) is 2.73. The van der Waals surface area contributed by atoms with Gasteiger partial charge in [0.2, 0.25) is 0 Å². The maximum absolute atomic E-state index is 13.8. The second kappa shape index (κ2) is 4.99. The molecule has 0 radical (unpaired) electrons. The summed E-state index contributed by atoms with van der Waals surface area (Å²) >= 11 is 0. The minimum Gasteiger partial charge on any atom is -0.261 e. The van der Waals surface area contributed by atoms with Gasteiger partial charge >= 0.3 is 6.18 Å². The van der Waals surface area contributed by atoms with E-state index in [-0.39, 0.29) is 12.0 Å². The van der Waals surface area contributed by atoms with Gasteiger partial charge in [-0.25, -0.2) is 4.39 Å². The SMILES string of the molecule is Cc1ccnc(Cc2cccc(C(F)(F)F)c2F)c1. The van der Waals surface area contributed by atoms with Crippen LogP contribution in [0.5, 0.6) is 0 Å². The summed E-state index contributed by atoms with van der Waals surface area (Å²) in [6, 6.07) is 6.78. The summed E-state index contributed by atoms with van der Waals surface area (Å²) in [5.41, 5.74) is 0.223. The van der Waals surface area contributed by atoms with Gasteiger partial charge in [-0.3, -0.25) is 4.98 Å². The van der Waals surface area contributed by atoms with Crippen molar-refractivity contribution < 1.29 is 17.6 Å². The first kappa shape index (κ1) is 13.5. The van der Waals surface area contributed by atoms with Gasteiger partial charge in [0, 0.05) is 18.3 Å². The molecule has 0 bridgehead atoms. The summed E-state index contributed by atoms with van der Waals surface area (Å²) in [7, 11) is 0. The Balaban J connectivity index is 2.36. The molecular weight excluding hydrogens is 258 g/mol. The molecule has 0 N–H and O–H groups in total. The summed E-state index contributed by atoms with van der Waals surface area (Å²) in [6.07, 6.45) is -3.09. The van der Waals surface area contributed by atoms with Crippen LogP contribution in [0.4, 0.5) is 17.6 Å². The molecule has 0 aliphatic rings. The Morgan fingerprint density at radius 1 is 1.16 bits per heavy atom. The molecule has 0 aliphatic carbocycles. The van der Waals surface area contributed by atoms with Gasteiger partial charge in [0.1, 0.15) is 5.82 Å². The number of aromatic nitrogens is 1. The van der Waals surface area contributed by atoms with Crippen LogP contribution < -0.4 is 0 Å². The van der Waals surface area contributed by atoms with Crippen molar-refractivity contribution >= 4 is 0 Å². The zero-order valence-corrected chi connectivity index (χ0v) is 10.1. The molecule has 0 saturated carbocycles. The molecule has 0 aliphatic heterocycles. The minimum absolute atomic E-state index is 0.00655. The topological polar surface area (TPSA) is 12.9 Å². The van der Waals surface area contributed by atoms with Gasteiger partial charge in [-0.2, -0.15) is 13.2 Å². The van der Waals surface area contributed by atoms with E-state index in [1.54, 1.807) is 18.3 Å². The van der Waals surface area contributed by atoms with E-state index in [2.05, 4.69) is 4.98 Å². The highest BCUT2D eigenvalue weighted by molar-refractivity contribution is 5.31. The molecule has 1 heterocycles. The lowest BCUT2D eigenvalue weighted by Gasteiger charge is -2.11. The molecule has 100 valence electrons. The molecule has 5 heteroatoms. The number of benzene rings is 1. The standard InChI is InChI=1S/C14H11F4N/c1-9-5-6-19-11(7-9)8-10-3-2-4-12(13(10)15)14(16,17)18/h2-7H,8H2,1H3. The van der Waals surface area contributed by atoms with Gasteiger partial charge in [0.25, 0.3) is 0 Å². The van der Waals surface area contributed by atoms with Crippen molar-refractivity contribution in [2.24, 2.45) is 0 Å². The van der Waals surface area contributed by atoms with Crippen molar-refractivity contribution in [3.05, 3.63) is 64.7 Å². The number of aryl methyl sites for hydroxylation is 1. The van der Waals surface area contributed by atoms with Gasteiger partial charge in [-0.15, -0.1) is 0 Å². The molecule has 1 aromatic carbocycles. The smallest absolute Gasteiger partial charge is 0.261 e. The van der Waals surface area contributed by atoms with Gasteiger partial charge in [0.15, 0.2) is 0 Å². The number of rotatable bonds is 2. The van der Waals surface area contributed by atoms with Crippen LogP contribution in [-0.2, 0) is 12.6 Å². The Hall–Kier alpha value is -1.91. The molecule has 1 aromatic heterocycles. The van der Waals surface area contributed by atoms with E-state index >= 15 is 0 Å². The van der Waals surface area contributed by atoms with E-state index in [0.29, 0.717) is 5.69 Å². The van der Waals surface area contributed by atoms with Gasteiger partial charge in [-0.05, 0) is 36.2 Å². The van der Waals surface area contributed by atoms with E-state index in [1.807, 2.05) is 6.92 Å². The zero-order chi connectivity index (χ0) is 14.0. The van der Waals surface area contributed by atoms with Crippen molar-refractivity contribution in [1.29, 1.82) is 0 Å². The highest BCUT2D eigenvalue weighted by atomic mass is 19.4. The summed E-state index contributed by atoms with van der Waals surface area (Å²) in [4.78, 5) is 4.02. The number of alkyl halides is 3. The quantitative estimate of drug-likeness (QED) is 0.747. The average Bonchev–Trinajstić information content (AvgIpc) is 2.30. The van der Waals surface area contributed by atoms with Gasteiger partial charge in [0.05, 0.1) is 5.56 Å². The van der Waals surface area contributed by atoms with Crippen LogP contribution in [0.2, 0.25) is 0 Å². The van der Waals surface area contributed by atoms with Crippen LogP contribution in [0.1, 0.15) is 22.4 Å². The normalized spacial score (nSPS) is 11.6. The highest BCUT2D eigenvalue weighted by Crippen LogP contribution is 2.32. The maximum atomic E-state index is 13.8. The molecule has 0 saturated heterocycles. The Morgan fingerprint density at radius 3 is 2.53 bits per heavy atom. The second-order valence-corrected chi connectivity index (χ2v) is 4.28. The Morgan fingerprint density at radius 2 is 1.89 bits per heavy atom. The third kappa shape index (κ3) is 3.10. The largest absolute Gasteiger partial charge is 0.419 e. The van der Waals surface area contributed by atoms with E-state index in [4.69, 9.17) is 0 Å². The number of nitrogens with zero attached hydrogens (tertiary/aromatic N) is 1. The maximum Gasteiger partial charge on any atom is 0.419 e. The minimum atomic E-state index is -4.68. The van der Waals surface area contributed by atoms with Gasteiger partial charge < -0.3 is 0 Å². The first-order valence-electron chi connectivity index (χ1n) is 5.64. The van der Waals surface area contributed by atoms with Crippen LogP contribution in [0, 0.1) is 12.7 Å². The third-order valence-electron chi connectivity index (χ3n) is 2.73. The predicted octanol–water partition coefficient (Wildman–Crippen LogP) is 4.14. The van der Waals surface area contributed by atoms with Crippen LogP contribution in [0.15, 0.2) is 36.5 Å². The molecule has 19 heavy (non-hydrogen) atoms. The fraction of sp³-hybridized carbons (Fsp3) is 0.214. The molecular formula is C14H11F4N. The highest BCUT2D eigenvalue weighted by Gasteiger charge is 2.34. The van der Waals surface area contributed by atoms with Crippen molar-refractivity contribution in [1.82, 2.24) is 4.98 Å². The molecule has 0 spiro atoms. The summed E-state index contributed by atoms with van der Waals surface area (Å²) in [5, 5.41) is 0. The Bertz CT molecular complexity index is 590. The molecule has 0 amide bonds. The molecule has 0 fully saturated rings. The van der Waals surface area contributed by atoms with E-state index in [9.17, 15) is 17.6 Å². The van der Waals surface area contributed by atoms with Crippen LogP contribution in [0.3, 0.4) is 0 Å². The van der Waals surface area contributed by atoms with E-state index in [0.717, 1.165) is 11.6 Å². The Kier molecular flexibility index (Phi) is 3.55. The first-order chi connectivity index (χ1) is 8.88. The van der Waals surface area contributed by atoms with Crippen LogP contribution in [-0.4, -0.2) is 4.98 Å². The molecule has 2 aromatic rings. The number of halogens is 4. The first-order valence-corrected chi connectivity index (χ1v) is 5.64. The summed E-state index contributed by atoms with van der Waals surface area (Å²) in [5.74, 6) is -1.22. The molecule has 2 rings (SSSR count). The van der Waals surface area contributed by atoms with E-state index < -0.39 is 17.6 Å². The molecule has 0 atom stereocenters. The summed E-state index contributed by atoms with van der Waals surface area (Å²) in [6.45, 7) is 1.84. The fourth-order valence-corrected chi connectivity index (χ4v) is 1.83. The average molecular weight is 269 g/mol. The van der Waals surface area contributed by atoms with E-state index in [1.165, 1.54) is 12.1 Å². The number of hydrogen-bond acceptors (Lipinski definition) is 1. The van der Waals surface area contributed by atoms with Crippen molar-refractivity contribution in [2.75, 3.05) is 0 Å².